The molecule has 0 aromatic carbocycles. The molecular weight excluding hydrogens is 276 g/mol. The van der Waals surface area contributed by atoms with Crippen LogP contribution in [-0.2, 0) is 14.0 Å². The number of halogens is 1. The van der Waals surface area contributed by atoms with E-state index in [4.69, 9.17) is 14.0 Å². The molecule has 1 rings (SSSR count). The van der Waals surface area contributed by atoms with Crippen molar-refractivity contribution in [1.29, 1.82) is 0 Å². The predicted octanol–water partition coefficient (Wildman–Crippen LogP) is 2.94. The molecule has 1 aliphatic heterocycles. The van der Waals surface area contributed by atoms with Crippen LogP contribution in [-0.4, -0.2) is 42.7 Å². The number of amides is 1. The average Bonchev–Trinajstić information content (AvgIpc) is 2.43. The lowest BCUT2D eigenvalue weighted by Crippen LogP contribution is -2.42. The number of rotatable bonds is 4. The van der Waals surface area contributed by atoms with Crippen LogP contribution in [0.15, 0.2) is 0 Å². The molecule has 122 valence electrons. The summed E-state index contributed by atoms with van der Waals surface area (Å²) in [6.07, 6.45) is -0.399. The molecule has 0 spiro atoms. The Morgan fingerprint density at radius 3 is 2.10 bits per heavy atom. The van der Waals surface area contributed by atoms with Crippen molar-refractivity contribution in [3.63, 3.8) is 0 Å². The molecule has 1 atom stereocenters. The first-order valence-corrected chi connectivity index (χ1v) is 7.27. The van der Waals surface area contributed by atoms with Gasteiger partial charge in [-0.2, -0.15) is 0 Å². The summed E-state index contributed by atoms with van der Waals surface area (Å²) in [7, 11) is -0.550. The Kier molecular flexibility index (Phi) is 5.32. The summed E-state index contributed by atoms with van der Waals surface area (Å²) >= 11 is 0. The second-order valence-corrected chi connectivity index (χ2v) is 7.42. The molecule has 0 radical (unpaired) electrons. The van der Waals surface area contributed by atoms with E-state index >= 15 is 0 Å². The van der Waals surface area contributed by atoms with Gasteiger partial charge in [0.25, 0.3) is 0 Å². The van der Waals surface area contributed by atoms with Gasteiger partial charge in [0.1, 0.15) is 12.3 Å². The number of alkyl halides is 1. The summed E-state index contributed by atoms with van der Waals surface area (Å²) in [5.41, 5.74) is -1.55. The van der Waals surface area contributed by atoms with Gasteiger partial charge in [0.2, 0.25) is 0 Å². The van der Waals surface area contributed by atoms with Crippen LogP contribution in [0.25, 0.3) is 0 Å². The van der Waals surface area contributed by atoms with Crippen LogP contribution >= 0.6 is 0 Å². The molecule has 7 heteroatoms. The summed E-state index contributed by atoms with van der Waals surface area (Å²) in [6.45, 7) is 12.3. The molecule has 1 fully saturated rings. The minimum Gasteiger partial charge on any atom is -0.444 e. The van der Waals surface area contributed by atoms with Gasteiger partial charge in [-0.15, -0.1) is 0 Å². The van der Waals surface area contributed by atoms with Crippen LogP contribution in [0.1, 0.15) is 48.5 Å². The number of carbonyl (C=O) groups is 1. The molecule has 1 heterocycles. The zero-order valence-corrected chi connectivity index (χ0v) is 14.1. The van der Waals surface area contributed by atoms with Crippen LogP contribution in [0, 0.1) is 0 Å². The molecule has 5 nitrogen and oxygen atoms in total. The second kappa shape index (κ2) is 6.12. The third kappa shape index (κ3) is 5.14. The Morgan fingerprint density at radius 2 is 1.71 bits per heavy atom. The summed E-state index contributed by atoms with van der Waals surface area (Å²) in [5, 5.41) is 2.51. The van der Waals surface area contributed by atoms with Gasteiger partial charge in [0.15, 0.2) is 0 Å². The first kappa shape index (κ1) is 18.2. The summed E-state index contributed by atoms with van der Waals surface area (Å²) in [6, 6.07) is -0.699. The van der Waals surface area contributed by atoms with Crippen LogP contribution in [0.3, 0.4) is 0 Å². The molecule has 1 N–H and O–H groups in total. The van der Waals surface area contributed by atoms with E-state index in [1.165, 1.54) is 0 Å². The maximum Gasteiger partial charge on any atom is 0.460 e. The van der Waals surface area contributed by atoms with E-state index in [1.54, 1.807) is 20.8 Å². The van der Waals surface area contributed by atoms with Crippen LogP contribution in [0.2, 0.25) is 6.32 Å². The Bertz CT molecular complexity index is 366. The van der Waals surface area contributed by atoms with Crippen molar-refractivity contribution in [1.82, 2.24) is 5.32 Å². The van der Waals surface area contributed by atoms with Gasteiger partial charge < -0.3 is 19.4 Å². The highest BCUT2D eigenvalue weighted by Crippen LogP contribution is 2.37. The standard InChI is InChI=1S/C14H27BFNO4/c1-12(2,3)19-11(18)17-10(9-16)8-15-20-13(4,5)14(6,7)21-15/h10H,8-9H2,1-7H3,(H,17,18)/t10-/m1/s1. The van der Waals surface area contributed by atoms with E-state index < -0.39 is 42.7 Å². The zero-order valence-electron chi connectivity index (χ0n) is 14.1. The minimum absolute atomic E-state index is 0.239. The summed E-state index contributed by atoms with van der Waals surface area (Å²) < 4.78 is 29.8. The van der Waals surface area contributed by atoms with Gasteiger partial charge in [0.05, 0.1) is 17.2 Å². The Labute approximate surface area is 127 Å². The van der Waals surface area contributed by atoms with E-state index in [0.29, 0.717) is 0 Å². The Balaban J connectivity index is 2.55. The highest BCUT2D eigenvalue weighted by atomic mass is 19.1. The molecule has 21 heavy (non-hydrogen) atoms. The third-order valence-electron chi connectivity index (χ3n) is 3.69. The molecule has 0 aliphatic carbocycles. The van der Waals surface area contributed by atoms with Gasteiger partial charge in [0, 0.05) is 6.32 Å². The van der Waals surface area contributed by atoms with E-state index in [2.05, 4.69) is 5.32 Å². The van der Waals surface area contributed by atoms with Gasteiger partial charge in [-0.1, -0.05) is 0 Å². The van der Waals surface area contributed by atoms with Crippen LogP contribution in [0.5, 0.6) is 0 Å². The van der Waals surface area contributed by atoms with Crippen molar-refractivity contribution in [3.8, 4) is 0 Å². The fraction of sp³-hybridized carbons (Fsp3) is 0.929. The van der Waals surface area contributed by atoms with Crippen molar-refractivity contribution in [2.75, 3.05) is 6.67 Å². The average molecular weight is 303 g/mol. The normalized spacial score (nSPS) is 22.0. The number of nitrogens with one attached hydrogen (secondary N) is 1. The first-order valence-electron chi connectivity index (χ1n) is 7.27. The zero-order chi connectivity index (χ0) is 16.5. The Morgan fingerprint density at radius 1 is 1.24 bits per heavy atom. The molecule has 0 saturated carbocycles. The molecule has 0 unspecified atom stereocenters. The first-order chi connectivity index (χ1) is 9.36. The van der Waals surface area contributed by atoms with Crippen LogP contribution in [0.4, 0.5) is 9.18 Å². The minimum atomic E-state index is -0.705. The molecule has 0 aromatic rings. The predicted molar refractivity (Wildman–Crippen MR) is 80.0 cm³/mol. The number of alkyl carbamates (subject to hydrolysis) is 1. The van der Waals surface area contributed by atoms with Crippen molar-refractivity contribution in [3.05, 3.63) is 0 Å². The van der Waals surface area contributed by atoms with Crippen LogP contribution < -0.4 is 5.32 Å². The number of hydrogen-bond acceptors (Lipinski definition) is 4. The highest BCUT2D eigenvalue weighted by molar-refractivity contribution is 6.45. The van der Waals surface area contributed by atoms with Crippen molar-refractivity contribution < 1.29 is 23.2 Å². The SMILES string of the molecule is CC(C)(C)OC(=O)N[C@@H](CF)CB1OC(C)(C)C(C)(C)O1. The molecule has 0 aromatic heterocycles. The second-order valence-electron chi connectivity index (χ2n) is 7.42. The molecule has 1 aliphatic rings. The number of hydrogen-bond donors (Lipinski definition) is 1. The molecule has 1 saturated heterocycles. The fourth-order valence-corrected chi connectivity index (χ4v) is 1.93. The summed E-state index contributed by atoms with van der Waals surface area (Å²) in [4.78, 5) is 11.7. The third-order valence-corrected chi connectivity index (χ3v) is 3.69. The lowest BCUT2D eigenvalue weighted by atomic mass is 9.81. The van der Waals surface area contributed by atoms with E-state index in [-0.39, 0.29) is 6.32 Å². The van der Waals surface area contributed by atoms with E-state index in [1.807, 2.05) is 27.7 Å². The Hall–Kier alpha value is -0.815. The largest absolute Gasteiger partial charge is 0.460 e. The maximum atomic E-state index is 13.1. The quantitative estimate of drug-likeness (QED) is 0.811. The maximum absolute atomic E-state index is 13.1. The lowest BCUT2D eigenvalue weighted by molar-refractivity contribution is 0.00578. The highest BCUT2D eigenvalue weighted by Gasteiger charge is 2.51. The molecule has 1 amide bonds. The van der Waals surface area contributed by atoms with Gasteiger partial charge in [-0.25, -0.2) is 9.18 Å². The number of carbonyl (C=O) groups excluding carboxylic acids is 1. The van der Waals surface area contributed by atoms with Crippen molar-refractivity contribution in [2.24, 2.45) is 0 Å². The van der Waals surface area contributed by atoms with Gasteiger partial charge in [-0.3, -0.25) is 0 Å². The fourth-order valence-electron chi connectivity index (χ4n) is 1.93. The number of ether oxygens (including phenoxy) is 1. The van der Waals surface area contributed by atoms with Crippen molar-refractivity contribution >= 4 is 13.2 Å². The molecular formula is C14H27BFNO4. The lowest BCUT2D eigenvalue weighted by Gasteiger charge is -2.32. The topological polar surface area (TPSA) is 56.8 Å². The van der Waals surface area contributed by atoms with E-state index in [0.717, 1.165) is 0 Å². The monoisotopic (exact) mass is 303 g/mol. The van der Waals surface area contributed by atoms with Gasteiger partial charge >= 0.3 is 13.2 Å². The smallest absolute Gasteiger partial charge is 0.444 e. The van der Waals surface area contributed by atoms with Gasteiger partial charge in [-0.05, 0) is 48.5 Å². The molecule has 0 bridgehead atoms. The summed E-state index contributed by atoms with van der Waals surface area (Å²) in [5.74, 6) is 0. The van der Waals surface area contributed by atoms with E-state index in [9.17, 15) is 9.18 Å². The van der Waals surface area contributed by atoms with Crippen molar-refractivity contribution in [2.45, 2.75) is 77.6 Å².